The van der Waals surface area contributed by atoms with E-state index < -0.39 is 54.6 Å². The van der Waals surface area contributed by atoms with Crippen molar-refractivity contribution in [1.29, 1.82) is 0 Å². The molecule has 0 radical (unpaired) electrons. The average Bonchev–Trinajstić information content (AvgIpc) is 3.20. The molecule has 1 aliphatic rings. The number of likely N-dealkylation sites (N-methyl/N-ethyl adjacent to an activating group) is 1. The van der Waals surface area contributed by atoms with E-state index in [9.17, 15) is 24.0 Å². The van der Waals surface area contributed by atoms with Gasteiger partial charge in [0.25, 0.3) is 5.91 Å². The van der Waals surface area contributed by atoms with Crippen molar-refractivity contribution in [2.24, 2.45) is 5.92 Å². The van der Waals surface area contributed by atoms with Gasteiger partial charge in [0, 0.05) is 25.9 Å². The lowest BCUT2D eigenvalue weighted by atomic mass is 9.94. The summed E-state index contributed by atoms with van der Waals surface area (Å²) in [5, 5.41) is 10.3. The third kappa shape index (κ3) is 8.38. The zero-order valence-electron chi connectivity index (χ0n) is 19.6. The summed E-state index contributed by atoms with van der Waals surface area (Å²) in [5.41, 5.74) is 0.795. The number of benzene rings is 1. The summed E-state index contributed by atoms with van der Waals surface area (Å²) < 4.78 is 10.5. The Kier molecular flexibility index (Phi) is 10.3. The first kappa shape index (κ1) is 26.6. The molecule has 4 N–H and O–H groups in total. The molecule has 0 spiro atoms. The van der Waals surface area contributed by atoms with E-state index in [1.165, 1.54) is 0 Å². The van der Waals surface area contributed by atoms with Crippen LogP contribution < -0.4 is 21.3 Å². The first-order valence-electron chi connectivity index (χ1n) is 11.2. The number of ether oxygens (including phenoxy) is 2. The van der Waals surface area contributed by atoms with Crippen molar-refractivity contribution in [3.8, 4) is 0 Å². The molecular formula is C23H32N4O7. The highest BCUT2D eigenvalue weighted by Gasteiger charge is 2.37. The Labute approximate surface area is 198 Å². The fourth-order valence-corrected chi connectivity index (χ4v) is 3.61. The number of hydrogen-bond acceptors (Lipinski definition) is 7. The van der Waals surface area contributed by atoms with Crippen LogP contribution in [0.1, 0.15) is 45.3 Å². The Morgan fingerprint density at radius 3 is 2.41 bits per heavy atom. The standard InChI is InChI=1S/C23H32N4O7/c1-4-24-22(31)20(34-15(3)28)18(12-17-10-11-25-21(17)30)27-19(29)13-26-23(32)33-14(2)16-8-6-5-7-9-16/h5-9,14,17-18,20H,4,10-13H2,1-3H3,(H,24,31)(H,25,30)(H,26,32)(H,27,29)/t14?,17-,18?,20?/m0/s1. The maximum absolute atomic E-state index is 12.6. The van der Waals surface area contributed by atoms with Crippen LogP contribution in [0.15, 0.2) is 30.3 Å². The highest BCUT2D eigenvalue weighted by molar-refractivity contribution is 5.87. The van der Waals surface area contributed by atoms with Crippen LogP contribution >= 0.6 is 0 Å². The Hall–Kier alpha value is -3.63. The van der Waals surface area contributed by atoms with Crippen LogP contribution in [0.5, 0.6) is 0 Å². The molecule has 0 aliphatic carbocycles. The van der Waals surface area contributed by atoms with E-state index in [2.05, 4.69) is 21.3 Å². The van der Waals surface area contributed by atoms with Crippen LogP contribution in [0, 0.1) is 5.92 Å². The van der Waals surface area contributed by atoms with Gasteiger partial charge in [-0.1, -0.05) is 30.3 Å². The minimum absolute atomic E-state index is 0.0855. The van der Waals surface area contributed by atoms with Crippen molar-refractivity contribution in [3.63, 3.8) is 0 Å². The lowest BCUT2D eigenvalue weighted by molar-refractivity contribution is -0.156. The Bertz CT molecular complexity index is 877. The first-order chi connectivity index (χ1) is 16.2. The van der Waals surface area contributed by atoms with Crippen molar-refractivity contribution < 1.29 is 33.4 Å². The van der Waals surface area contributed by atoms with E-state index in [4.69, 9.17) is 9.47 Å². The molecule has 1 fully saturated rings. The summed E-state index contributed by atoms with van der Waals surface area (Å²) in [5.74, 6) is -2.58. The van der Waals surface area contributed by atoms with Crippen molar-refractivity contribution in [3.05, 3.63) is 35.9 Å². The van der Waals surface area contributed by atoms with Crippen LogP contribution in [-0.4, -0.2) is 61.6 Å². The minimum Gasteiger partial charge on any atom is -0.450 e. The lowest BCUT2D eigenvalue weighted by Gasteiger charge is -2.28. The SMILES string of the molecule is CCNC(=O)C(OC(C)=O)C(C[C@@H]1CCNC1=O)NC(=O)CNC(=O)OC(C)c1ccccc1. The van der Waals surface area contributed by atoms with Crippen molar-refractivity contribution in [1.82, 2.24) is 21.3 Å². The van der Waals surface area contributed by atoms with Gasteiger partial charge in [-0.2, -0.15) is 0 Å². The van der Waals surface area contributed by atoms with Gasteiger partial charge in [0.15, 0.2) is 6.10 Å². The molecule has 11 nitrogen and oxygen atoms in total. The van der Waals surface area contributed by atoms with Gasteiger partial charge in [0.2, 0.25) is 11.8 Å². The molecule has 2 rings (SSSR count). The van der Waals surface area contributed by atoms with Gasteiger partial charge in [-0.3, -0.25) is 19.2 Å². The largest absolute Gasteiger partial charge is 0.450 e. The molecule has 11 heteroatoms. The molecule has 1 aromatic rings. The number of nitrogens with one attached hydrogen (secondary N) is 4. The zero-order valence-corrected chi connectivity index (χ0v) is 19.6. The second-order valence-corrected chi connectivity index (χ2v) is 7.92. The Morgan fingerprint density at radius 2 is 1.82 bits per heavy atom. The van der Waals surface area contributed by atoms with E-state index in [1.54, 1.807) is 13.8 Å². The molecule has 1 aromatic carbocycles. The van der Waals surface area contributed by atoms with E-state index in [1.807, 2.05) is 30.3 Å². The summed E-state index contributed by atoms with van der Waals surface area (Å²) >= 11 is 0. The number of alkyl carbamates (subject to hydrolysis) is 1. The van der Waals surface area contributed by atoms with Gasteiger partial charge in [-0.15, -0.1) is 0 Å². The summed E-state index contributed by atoms with van der Waals surface area (Å²) in [6, 6.07) is 8.13. The number of carbonyl (C=O) groups is 5. The molecule has 3 unspecified atom stereocenters. The second-order valence-electron chi connectivity index (χ2n) is 7.92. The highest BCUT2D eigenvalue weighted by atomic mass is 16.6. The third-order valence-electron chi connectivity index (χ3n) is 5.26. The van der Waals surface area contributed by atoms with Gasteiger partial charge in [-0.25, -0.2) is 4.79 Å². The quantitative estimate of drug-likeness (QED) is 0.340. The summed E-state index contributed by atoms with van der Waals surface area (Å²) in [7, 11) is 0. The molecule has 1 heterocycles. The molecule has 4 amide bonds. The van der Waals surface area contributed by atoms with Crippen LogP contribution in [0.3, 0.4) is 0 Å². The van der Waals surface area contributed by atoms with Gasteiger partial charge in [0.1, 0.15) is 12.6 Å². The van der Waals surface area contributed by atoms with E-state index >= 15 is 0 Å². The third-order valence-corrected chi connectivity index (χ3v) is 5.26. The zero-order chi connectivity index (χ0) is 25.1. The van der Waals surface area contributed by atoms with Crippen molar-refractivity contribution >= 4 is 29.8 Å². The van der Waals surface area contributed by atoms with Crippen LogP contribution in [0.25, 0.3) is 0 Å². The summed E-state index contributed by atoms with van der Waals surface area (Å²) in [4.78, 5) is 60.9. The Morgan fingerprint density at radius 1 is 1.12 bits per heavy atom. The maximum Gasteiger partial charge on any atom is 0.408 e. The van der Waals surface area contributed by atoms with E-state index in [0.717, 1.165) is 12.5 Å². The topological polar surface area (TPSA) is 152 Å². The van der Waals surface area contributed by atoms with E-state index in [-0.39, 0.29) is 18.9 Å². The average molecular weight is 477 g/mol. The highest BCUT2D eigenvalue weighted by Crippen LogP contribution is 2.20. The smallest absolute Gasteiger partial charge is 0.408 e. The van der Waals surface area contributed by atoms with Gasteiger partial charge < -0.3 is 30.7 Å². The number of rotatable bonds is 11. The predicted octanol–water partition coefficient (Wildman–Crippen LogP) is 0.553. The van der Waals surface area contributed by atoms with Gasteiger partial charge in [-0.05, 0) is 32.3 Å². The van der Waals surface area contributed by atoms with Gasteiger partial charge >= 0.3 is 12.1 Å². The minimum atomic E-state index is -1.33. The fourth-order valence-electron chi connectivity index (χ4n) is 3.61. The maximum atomic E-state index is 12.6. The molecule has 34 heavy (non-hydrogen) atoms. The molecule has 1 aliphatic heterocycles. The molecule has 4 atom stereocenters. The number of esters is 1. The fraction of sp³-hybridized carbons (Fsp3) is 0.522. The lowest BCUT2D eigenvalue weighted by Crippen LogP contribution is -2.54. The molecule has 0 bridgehead atoms. The van der Waals surface area contributed by atoms with Crippen LogP contribution in [0.2, 0.25) is 0 Å². The molecular weight excluding hydrogens is 444 g/mol. The summed E-state index contributed by atoms with van der Waals surface area (Å²) in [6.45, 7) is 4.89. The normalized spacial score (nSPS) is 17.5. The summed E-state index contributed by atoms with van der Waals surface area (Å²) in [6.07, 6.45) is -2.04. The van der Waals surface area contributed by atoms with Crippen molar-refractivity contribution in [2.45, 2.75) is 51.9 Å². The monoisotopic (exact) mass is 476 g/mol. The van der Waals surface area contributed by atoms with E-state index in [0.29, 0.717) is 13.0 Å². The second kappa shape index (κ2) is 13.2. The molecule has 1 saturated heterocycles. The van der Waals surface area contributed by atoms with Crippen LogP contribution in [0.4, 0.5) is 4.79 Å². The number of carbonyl (C=O) groups excluding carboxylic acids is 5. The van der Waals surface area contributed by atoms with Crippen LogP contribution in [-0.2, 0) is 28.7 Å². The predicted molar refractivity (Wildman–Crippen MR) is 121 cm³/mol. The van der Waals surface area contributed by atoms with Crippen molar-refractivity contribution in [2.75, 3.05) is 19.6 Å². The first-order valence-corrected chi connectivity index (χ1v) is 11.2. The molecule has 0 saturated carbocycles. The Balaban J connectivity index is 2.01. The number of amides is 4. The molecule has 0 aromatic heterocycles. The molecule has 186 valence electrons. The van der Waals surface area contributed by atoms with Gasteiger partial charge in [0.05, 0.1) is 6.04 Å². The number of hydrogen-bond donors (Lipinski definition) is 4.